The van der Waals surface area contributed by atoms with Crippen molar-refractivity contribution in [3.63, 3.8) is 0 Å². The molecule has 22 heavy (non-hydrogen) atoms. The fraction of sp³-hybridized carbons (Fsp3) is 0.286. The lowest BCUT2D eigenvalue weighted by molar-refractivity contribution is 0.103. The highest BCUT2D eigenvalue weighted by atomic mass is 79.9. The van der Waals surface area contributed by atoms with Gasteiger partial charge in [0.1, 0.15) is 5.56 Å². The minimum atomic E-state index is -3.31. The number of nitrogens with one attached hydrogen (secondary N) is 1. The van der Waals surface area contributed by atoms with Crippen LogP contribution < -0.4 is 5.56 Å². The first-order valence-electron chi connectivity index (χ1n) is 6.52. The van der Waals surface area contributed by atoms with Crippen LogP contribution in [0.1, 0.15) is 28.4 Å². The van der Waals surface area contributed by atoms with Gasteiger partial charge in [0.2, 0.25) is 0 Å². The van der Waals surface area contributed by atoms with Crippen molar-refractivity contribution in [1.82, 2.24) is 9.78 Å². The van der Waals surface area contributed by atoms with Gasteiger partial charge >= 0.3 is 0 Å². The van der Waals surface area contributed by atoms with E-state index in [1.165, 1.54) is 16.9 Å². The summed E-state index contributed by atoms with van der Waals surface area (Å²) in [6.07, 6.45) is 2.45. The molecular formula is C14H15BrN2O4S. The van der Waals surface area contributed by atoms with Gasteiger partial charge in [-0.1, -0.05) is 15.9 Å². The Balaban J connectivity index is 2.54. The highest BCUT2D eigenvalue weighted by molar-refractivity contribution is 9.10. The standard InChI is InChI=1S/C14H15BrN2O4S/c1-3-17-14(19)12(7-16-17)13(18)11-5-4-10(15)6-9(11)8-22(2,20)21/h4-7,16H,3,8H2,1-2H3. The molecule has 0 fully saturated rings. The van der Waals surface area contributed by atoms with Gasteiger partial charge in [-0.15, -0.1) is 0 Å². The minimum absolute atomic E-state index is 0.000997. The van der Waals surface area contributed by atoms with Crippen LogP contribution in [0, 0.1) is 0 Å². The average molecular weight is 387 g/mol. The van der Waals surface area contributed by atoms with E-state index < -0.39 is 21.2 Å². The molecule has 1 N–H and O–H groups in total. The summed E-state index contributed by atoms with van der Waals surface area (Å²) in [6.45, 7) is 2.20. The number of halogens is 1. The molecule has 0 spiro atoms. The maximum atomic E-state index is 12.6. The predicted octanol–water partition coefficient (Wildman–Crippen LogP) is 1.73. The number of sulfone groups is 1. The Hall–Kier alpha value is -1.67. The maximum Gasteiger partial charge on any atom is 0.277 e. The molecule has 0 saturated carbocycles. The summed E-state index contributed by atoms with van der Waals surface area (Å²) in [6, 6.07) is 4.75. The molecule has 0 unspecified atom stereocenters. The highest BCUT2D eigenvalue weighted by Crippen LogP contribution is 2.21. The van der Waals surface area contributed by atoms with E-state index in [1.807, 2.05) is 0 Å². The summed E-state index contributed by atoms with van der Waals surface area (Å²) in [4.78, 5) is 24.6. The Labute approximate surface area is 136 Å². The smallest absolute Gasteiger partial charge is 0.277 e. The SMILES string of the molecule is CCn1[nH]cc(C(=O)c2ccc(Br)cc2CS(C)(=O)=O)c1=O. The van der Waals surface area contributed by atoms with E-state index in [-0.39, 0.29) is 16.9 Å². The predicted molar refractivity (Wildman–Crippen MR) is 86.8 cm³/mol. The topological polar surface area (TPSA) is 89.0 Å². The van der Waals surface area contributed by atoms with Crippen LogP contribution in [0.2, 0.25) is 0 Å². The molecule has 2 aromatic rings. The minimum Gasteiger partial charge on any atom is -0.302 e. The zero-order valence-electron chi connectivity index (χ0n) is 12.1. The number of carbonyl (C=O) groups is 1. The molecule has 0 aliphatic carbocycles. The molecule has 1 aromatic carbocycles. The summed E-state index contributed by atoms with van der Waals surface area (Å²) in [5.74, 6) is -0.750. The molecule has 6 nitrogen and oxygen atoms in total. The van der Waals surface area contributed by atoms with E-state index in [4.69, 9.17) is 0 Å². The number of aromatic nitrogens is 2. The number of aromatic amines is 1. The van der Waals surface area contributed by atoms with Crippen LogP contribution in [0.4, 0.5) is 0 Å². The van der Waals surface area contributed by atoms with Crippen molar-refractivity contribution in [3.05, 3.63) is 55.9 Å². The van der Waals surface area contributed by atoms with Crippen LogP contribution in [0.3, 0.4) is 0 Å². The van der Waals surface area contributed by atoms with Gasteiger partial charge in [0, 0.05) is 29.0 Å². The van der Waals surface area contributed by atoms with E-state index in [0.717, 1.165) is 6.26 Å². The van der Waals surface area contributed by atoms with Gasteiger partial charge in [-0.25, -0.2) is 8.42 Å². The first-order chi connectivity index (χ1) is 10.2. The molecule has 0 saturated heterocycles. The zero-order valence-corrected chi connectivity index (χ0v) is 14.5. The third kappa shape index (κ3) is 3.56. The molecule has 0 atom stereocenters. The number of hydrogen-bond donors (Lipinski definition) is 1. The largest absolute Gasteiger partial charge is 0.302 e. The lowest BCUT2D eigenvalue weighted by Gasteiger charge is -2.07. The Kier molecular flexibility index (Phi) is 4.72. The fourth-order valence-corrected chi connectivity index (χ4v) is 3.35. The Morgan fingerprint density at radius 2 is 2.00 bits per heavy atom. The van der Waals surface area contributed by atoms with Crippen molar-refractivity contribution >= 4 is 31.6 Å². The fourth-order valence-electron chi connectivity index (χ4n) is 2.14. The van der Waals surface area contributed by atoms with Crippen molar-refractivity contribution in [2.24, 2.45) is 0 Å². The van der Waals surface area contributed by atoms with Gasteiger partial charge < -0.3 is 5.10 Å². The van der Waals surface area contributed by atoms with Gasteiger partial charge in [0.15, 0.2) is 15.6 Å². The number of rotatable bonds is 5. The molecule has 118 valence electrons. The number of nitrogens with zero attached hydrogens (tertiary/aromatic N) is 1. The number of aryl methyl sites for hydroxylation is 1. The van der Waals surface area contributed by atoms with Crippen LogP contribution in [0.15, 0.2) is 33.7 Å². The summed E-state index contributed by atoms with van der Waals surface area (Å²) in [5.41, 5.74) is 0.165. The molecule has 2 rings (SSSR count). The van der Waals surface area contributed by atoms with Crippen LogP contribution >= 0.6 is 15.9 Å². The van der Waals surface area contributed by atoms with Crippen LogP contribution in [-0.4, -0.2) is 30.2 Å². The molecule has 0 aliphatic rings. The Bertz CT molecular complexity index is 880. The second-order valence-electron chi connectivity index (χ2n) is 4.94. The van der Waals surface area contributed by atoms with E-state index in [0.29, 0.717) is 16.6 Å². The summed E-state index contributed by atoms with van der Waals surface area (Å²) >= 11 is 3.26. The monoisotopic (exact) mass is 386 g/mol. The molecule has 0 amide bonds. The molecule has 1 aromatic heterocycles. The van der Waals surface area contributed by atoms with Crippen molar-refractivity contribution in [1.29, 1.82) is 0 Å². The van der Waals surface area contributed by atoms with Crippen LogP contribution in [0.25, 0.3) is 0 Å². The molecule has 1 heterocycles. The van der Waals surface area contributed by atoms with Gasteiger partial charge in [-0.3, -0.25) is 14.3 Å². The first kappa shape index (κ1) is 16.7. The highest BCUT2D eigenvalue weighted by Gasteiger charge is 2.20. The van der Waals surface area contributed by atoms with E-state index in [2.05, 4.69) is 21.0 Å². The number of benzene rings is 1. The summed E-state index contributed by atoms with van der Waals surface area (Å²) in [5, 5.41) is 2.71. The Morgan fingerprint density at radius 1 is 1.32 bits per heavy atom. The average Bonchev–Trinajstić information content (AvgIpc) is 2.77. The third-order valence-corrected chi connectivity index (χ3v) is 4.46. The van der Waals surface area contributed by atoms with Gasteiger partial charge in [0.25, 0.3) is 5.56 Å². The van der Waals surface area contributed by atoms with E-state index in [9.17, 15) is 18.0 Å². The van der Waals surface area contributed by atoms with Crippen molar-refractivity contribution in [2.45, 2.75) is 19.2 Å². The van der Waals surface area contributed by atoms with Gasteiger partial charge in [-0.2, -0.15) is 0 Å². The summed E-state index contributed by atoms with van der Waals surface area (Å²) in [7, 11) is -3.31. The lowest BCUT2D eigenvalue weighted by atomic mass is 10.0. The summed E-state index contributed by atoms with van der Waals surface area (Å²) < 4.78 is 25.1. The quantitative estimate of drug-likeness (QED) is 0.792. The second kappa shape index (κ2) is 6.21. The molecule has 8 heteroatoms. The van der Waals surface area contributed by atoms with Crippen molar-refractivity contribution < 1.29 is 13.2 Å². The number of H-pyrrole nitrogens is 1. The second-order valence-corrected chi connectivity index (χ2v) is 7.99. The number of carbonyl (C=O) groups excluding carboxylic acids is 1. The molecular weight excluding hydrogens is 372 g/mol. The van der Waals surface area contributed by atoms with Crippen LogP contribution in [0.5, 0.6) is 0 Å². The van der Waals surface area contributed by atoms with Gasteiger partial charge in [-0.05, 0) is 30.7 Å². The van der Waals surface area contributed by atoms with Gasteiger partial charge in [0.05, 0.1) is 5.75 Å². The zero-order chi connectivity index (χ0) is 16.5. The van der Waals surface area contributed by atoms with Crippen molar-refractivity contribution in [3.8, 4) is 0 Å². The number of hydrogen-bond acceptors (Lipinski definition) is 4. The molecule has 0 bridgehead atoms. The first-order valence-corrected chi connectivity index (χ1v) is 9.37. The normalized spacial score (nSPS) is 11.6. The van der Waals surface area contributed by atoms with Crippen molar-refractivity contribution in [2.75, 3.05) is 6.26 Å². The van der Waals surface area contributed by atoms with E-state index in [1.54, 1.807) is 19.1 Å². The molecule has 0 radical (unpaired) electrons. The van der Waals surface area contributed by atoms with E-state index >= 15 is 0 Å². The maximum absolute atomic E-state index is 12.6. The molecule has 0 aliphatic heterocycles. The third-order valence-electron chi connectivity index (χ3n) is 3.13. The van der Waals surface area contributed by atoms with Crippen LogP contribution in [-0.2, 0) is 22.1 Å². The Morgan fingerprint density at radius 3 is 2.55 bits per heavy atom. The number of ketones is 1. The lowest BCUT2D eigenvalue weighted by Crippen LogP contribution is -2.22.